The first-order valence-electron chi connectivity index (χ1n) is 6.91. The molecule has 1 aliphatic rings. The van der Waals surface area contributed by atoms with Gasteiger partial charge in [0.1, 0.15) is 15.7 Å². The maximum Gasteiger partial charge on any atom is 0.408 e. The summed E-state index contributed by atoms with van der Waals surface area (Å²) in [7, 11) is 1.06. The highest BCUT2D eigenvalue weighted by Gasteiger charge is 2.59. The van der Waals surface area contributed by atoms with Crippen molar-refractivity contribution in [1.29, 1.82) is 0 Å². The van der Waals surface area contributed by atoms with Gasteiger partial charge in [0, 0.05) is 24.4 Å². The molecule has 4 nitrogen and oxygen atoms in total. The zero-order chi connectivity index (χ0) is 17.7. The number of amides is 1. The molecule has 1 fully saturated rings. The van der Waals surface area contributed by atoms with E-state index in [1.54, 1.807) is 17.5 Å². The number of thiazole rings is 1. The predicted octanol–water partition coefficient (Wildman–Crippen LogP) is 3.55. The molecular weight excluding hydrogens is 409 g/mol. The Kier molecular flexibility index (Phi) is 4.21. The topological polar surface area (TPSA) is 53.4 Å². The minimum absolute atomic E-state index is 0.134. The Morgan fingerprint density at radius 2 is 2.17 bits per heavy atom. The van der Waals surface area contributed by atoms with Crippen molar-refractivity contribution in [2.24, 2.45) is 0 Å². The molecule has 0 spiro atoms. The van der Waals surface area contributed by atoms with Crippen LogP contribution in [-0.4, -0.2) is 40.2 Å². The van der Waals surface area contributed by atoms with Gasteiger partial charge in [-0.3, -0.25) is 4.79 Å². The molecule has 0 bridgehead atoms. The smallest absolute Gasteiger partial charge is 0.375 e. The number of likely N-dealkylation sites (N-methyl/N-ethyl adjacent to an activating group) is 1. The van der Waals surface area contributed by atoms with Crippen LogP contribution in [0.1, 0.15) is 12.0 Å². The summed E-state index contributed by atoms with van der Waals surface area (Å²) < 4.78 is 39.9. The number of alkyl halides is 3. The Labute approximate surface area is 148 Å². The van der Waals surface area contributed by atoms with Gasteiger partial charge < -0.3 is 10.0 Å². The van der Waals surface area contributed by atoms with E-state index in [1.165, 1.54) is 23.5 Å². The Bertz CT molecular complexity index is 795. The van der Waals surface area contributed by atoms with E-state index in [4.69, 9.17) is 0 Å². The second-order valence-corrected chi connectivity index (χ2v) is 7.26. The molecule has 0 saturated carbocycles. The highest BCUT2D eigenvalue weighted by molar-refractivity contribution is 9.10. The largest absolute Gasteiger partial charge is 0.408 e. The maximum absolute atomic E-state index is 13.1. The molecule has 0 radical (unpaired) electrons. The van der Waals surface area contributed by atoms with E-state index >= 15 is 0 Å². The van der Waals surface area contributed by atoms with Crippen molar-refractivity contribution in [3.8, 4) is 10.6 Å². The fraction of sp³-hybridized carbons (Fsp3) is 0.333. The molecule has 1 N–H and O–H groups in total. The standard InChI is InChI=1S/C15H12BrF3N2O2S/c1-21-10(15(17,18)19)6-14(23,13(21)22)9-4-2-3-8(5-9)12-20-11(16)7-24-12/h2-5,7,10,23H,6H2,1H3. The van der Waals surface area contributed by atoms with Crippen molar-refractivity contribution < 1.29 is 23.1 Å². The van der Waals surface area contributed by atoms with Crippen molar-refractivity contribution in [3.63, 3.8) is 0 Å². The molecule has 1 amide bonds. The van der Waals surface area contributed by atoms with Crippen LogP contribution in [0.5, 0.6) is 0 Å². The fourth-order valence-electron chi connectivity index (χ4n) is 2.81. The third-order valence-corrected chi connectivity index (χ3v) is 5.67. The van der Waals surface area contributed by atoms with Gasteiger partial charge in [0.15, 0.2) is 5.60 Å². The van der Waals surface area contributed by atoms with Gasteiger partial charge in [-0.25, -0.2) is 4.98 Å². The first-order chi connectivity index (χ1) is 11.1. The predicted molar refractivity (Wildman–Crippen MR) is 86.4 cm³/mol. The van der Waals surface area contributed by atoms with Crippen LogP contribution < -0.4 is 0 Å². The minimum atomic E-state index is -4.59. The molecule has 0 aliphatic carbocycles. The molecule has 3 rings (SSSR count). The molecule has 2 atom stereocenters. The minimum Gasteiger partial charge on any atom is -0.375 e. The van der Waals surface area contributed by atoms with Crippen molar-refractivity contribution in [3.05, 3.63) is 39.8 Å². The molecule has 2 unspecified atom stereocenters. The second kappa shape index (κ2) is 5.82. The van der Waals surface area contributed by atoms with Crippen molar-refractivity contribution >= 4 is 33.2 Å². The fourth-order valence-corrected chi connectivity index (χ4v) is 4.06. The number of carbonyl (C=O) groups excluding carboxylic acids is 1. The number of hydrogen-bond acceptors (Lipinski definition) is 4. The highest BCUT2D eigenvalue weighted by Crippen LogP contribution is 2.43. The summed E-state index contributed by atoms with van der Waals surface area (Å²) in [6, 6.07) is 4.27. The average Bonchev–Trinajstić information content (AvgIpc) is 3.05. The zero-order valence-corrected chi connectivity index (χ0v) is 14.7. The number of halogens is 4. The van der Waals surface area contributed by atoms with Gasteiger partial charge in [0.2, 0.25) is 0 Å². The molecule has 1 aromatic heterocycles. The lowest BCUT2D eigenvalue weighted by Crippen LogP contribution is -2.41. The number of carbonyl (C=O) groups is 1. The Hall–Kier alpha value is -1.45. The average molecular weight is 421 g/mol. The van der Waals surface area contributed by atoms with Crippen LogP contribution in [0.25, 0.3) is 10.6 Å². The molecule has 128 valence electrons. The summed E-state index contributed by atoms with van der Waals surface area (Å²) in [5, 5.41) is 13.1. The lowest BCUT2D eigenvalue weighted by atomic mass is 9.89. The summed E-state index contributed by atoms with van der Waals surface area (Å²) in [6.07, 6.45) is -5.32. The van der Waals surface area contributed by atoms with E-state index in [9.17, 15) is 23.1 Å². The van der Waals surface area contributed by atoms with Gasteiger partial charge in [-0.15, -0.1) is 11.3 Å². The second-order valence-electron chi connectivity index (χ2n) is 5.59. The quantitative estimate of drug-likeness (QED) is 0.807. The molecule has 1 aliphatic heterocycles. The third-order valence-electron chi connectivity index (χ3n) is 4.07. The van der Waals surface area contributed by atoms with Gasteiger partial charge in [-0.2, -0.15) is 13.2 Å². The summed E-state index contributed by atoms with van der Waals surface area (Å²) in [6.45, 7) is 0. The van der Waals surface area contributed by atoms with E-state index < -0.39 is 30.1 Å². The van der Waals surface area contributed by atoms with E-state index in [0.717, 1.165) is 7.05 Å². The number of likely N-dealkylation sites (tertiary alicyclic amines) is 1. The van der Waals surface area contributed by atoms with Gasteiger partial charge in [0.05, 0.1) is 0 Å². The van der Waals surface area contributed by atoms with Gasteiger partial charge in [-0.05, 0) is 27.6 Å². The van der Waals surface area contributed by atoms with Crippen LogP contribution >= 0.6 is 27.3 Å². The maximum atomic E-state index is 13.1. The van der Waals surface area contributed by atoms with Gasteiger partial charge >= 0.3 is 6.18 Å². The van der Waals surface area contributed by atoms with Crippen LogP contribution in [0.4, 0.5) is 13.2 Å². The highest BCUT2D eigenvalue weighted by atomic mass is 79.9. The van der Waals surface area contributed by atoms with Crippen LogP contribution in [0, 0.1) is 0 Å². The number of benzene rings is 1. The number of hydrogen-bond donors (Lipinski definition) is 1. The molecule has 1 aromatic carbocycles. The van der Waals surface area contributed by atoms with Crippen LogP contribution in [0.3, 0.4) is 0 Å². The first kappa shape index (κ1) is 17.4. The first-order valence-corrected chi connectivity index (χ1v) is 8.58. The van der Waals surface area contributed by atoms with Gasteiger partial charge in [0.25, 0.3) is 5.91 Å². The van der Waals surface area contributed by atoms with Crippen molar-refractivity contribution in [2.45, 2.75) is 24.2 Å². The number of rotatable bonds is 2. The van der Waals surface area contributed by atoms with Crippen LogP contribution in [0.15, 0.2) is 34.2 Å². The molecule has 1 saturated heterocycles. The SMILES string of the molecule is CN1C(=O)C(O)(c2cccc(-c3nc(Br)cs3)c2)CC1C(F)(F)F. The molecular formula is C15H12BrF3N2O2S. The molecule has 2 aromatic rings. The van der Waals surface area contributed by atoms with Crippen LogP contribution in [0.2, 0.25) is 0 Å². The summed E-state index contributed by atoms with van der Waals surface area (Å²) >= 11 is 4.58. The number of aliphatic hydroxyl groups is 1. The molecule has 2 heterocycles. The monoisotopic (exact) mass is 420 g/mol. The van der Waals surface area contributed by atoms with E-state index in [-0.39, 0.29) is 5.56 Å². The number of aromatic nitrogens is 1. The van der Waals surface area contributed by atoms with E-state index in [0.29, 0.717) is 20.1 Å². The third kappa shape index (κ3) is 2.84. The number of nitrogens with zero attached hydrogens (tertiary/aromatic N) is 2. The van der Waals surface area contributed by atoms with Gasteiger partial charge in [-0.1, -0.05) is 18.2 Å². The Morgan fingerprint density at radius 3 is 2.71 bits per heavy atom. The van der Waals surface area contributed by atoms with Crippen molar-refractivity contribution in [2.75, 3.05) is 7.05 Å². The summed E-state index contributed by atoms with van der Waals surface area (Å²) in [5.41, 5.74) is -1.43. The lowest BCUT2D eigenvalue weighted by molar-refractivity contribution is -0.177. The zero-order valence-electron chi connectivity index (χ0n) is 12.3. The van der Waals surface area contributed by atoms with Crippen molar-refractivity contribution in [1.82, 2.24) is 9.88 Å². The summed E-state index contributed by atoms with van der Waals surface area (Å²) in [4.78, 5) is 17.1. The van der Waals surface area contributed by atoms with E-state index in [2.05, 4.69) is 20.9 Å². The Morgan fingerprint density at radius 1 is 1.46 bits per heavy atom. The lowest BCUT2D eigenvalue weighted by Gasteiger charge is -2.21. The Balaban J connectivity index is 2.01. The normalized spacial score (nSPS) is 24.7. The van der Waals surface area contributed by atoms with Crippen LogP contribution in [-0.2, 0) is 10.4 Å². The summed E-state index contributed by atoms with van der Waals surface area (Å²) in [5.74, 6) is -0.956. The van der Waals surface area contributed by atoms with E-state index in [1.807, 2.05) is 0 Å². The molecule has 24 heavy (non-hydrogen) atoms. The molecule has 9 heteroatoms.